The van der Waals surface area contributed by atoms with Crippen LogP contribution >= 0.6 is 11.6 Å². The van der Waals surface area contributed by atoms with Gasteiger partial charge in [-0.15, -0.1) is 0 Å². The molecule has 1 aromatic carbocycles. The molecule has 0 saturated carbocycles. The van der Waals surface area contributed by atoms with E-state index in [1.807, 2.05) is 6.07 Å². The lowest BCUT2D eigenvalue weighted by Crippen LogP contribution is -2.27. The first-order chi connectivity index (χ1) is 9.94. The van der Waals surface area contributed by atoms with E-state index in [0.717, 1.165) is 5.56 Å². The van der Waals surface area contributed by atoms with Crippen LogP contribution in [0.25, 0.3) is 0 Å². The SMILES string of the molecule is CC(NS(=O)(=O)c1ccc(C#N)cc1Cl)c1cccnc1. The molecule has 5 nitrogen and oxygen atoms in total. The average molecular weight is 322 g/mol. The van der Waals surface area contributed by atoms with Gasteiger partial charge in [0.25, 0.3) is 0 Å². The number of hydrogen-bond acceptors (Lipinski definition) is 4. The molecule has 0 radical (unpaired) electrons. The molecule has 0 aliphatic heterocycles. The number of aromatic nitrogens is 1. The Morgan fingerprint density at radius 2 is 2.14 bits per heavy atom. The van der Waals surface area contributed by atoms with Crippen LogP contribution in [0.5, 0.6) is 0 Å². The highest BCUT2D eigenvalue weighted by Crippen LogP contribution is 2.24. The van der Waals surface area contributed by atoms with Gasteiger partial charge >= 0.3 is 0 Å². The second-order valence-corrected chi connectivity index (χ2v) is 6.48. The van der Waals surface area contributed by atoms with E-state index in [-0.39, 0.29) is 9.92 Å². The Kier molecular flexibility index (Phi) is 4.58. The van der Waals surface area contributed by atoms with Crippen molar-refractivity contribution in [2.45, 2.75) is 17.9 Å². The van der Waals surface area contributed by atoms with E-state index >= 15 is 0 Å². The quantitative estimate of drug-likeness (QED) is 0.938. The second-order valence-electron chi connectivity index (χ2n) is 4.39. The molecule has 108 valence electrons. The van der Waals surface area contributed by atoms with Crippen LogP contribution in [-0.2, 0) is 10.0 Å². The number of nitrogens with one attached hydrogen (secondary N) is 1. The molecule has 1 N–H and O–H groups in total. The van der Waals surface area contributed by atoms with Crippen LogP contribution in [0.4, 0.5) is 0 Å². The molecule has 0 amide bonds. The highest BCUT2D eigenvalue weighted by atomic mass is 35.5. The molecular weight excluding hydrogens is 310 g/mol. The number of hydrogen-bond donors (Lipinski definition) is 1. The Balaban J connectivity index is 2.29. The van der Waals surface area contributed by atoms with E-state index in [4.69, 9.17) is 16.9 Å². The zero-order chi connectivity index (χ0) is 15.5. The molecule has 2 aromatic rings. The van der Waals surface area contributed by atoms with Crippen LogP contribution in [0.15, 0.2) is 47.6 Å². The van der Waals surface area contributed by atoms with Gasteiger partial charge in [-0.2, -0.15) is 5.26 Å². The first-order valence-electron chi connectivity index (χ1n) is 6.06. The Bertz CT molecular complexity index is 786. The first-order valence-corrected chi connectivity index (χ1v) is 7.92. The molecule has 1 aromatic heterocycles. The van der Waals surface area contributed by atoms with E-state index < -0.39 is 16.1 Å². The third-order valence-corrected chi connectivity index (χ3v) is 4.89. The smallest absolute Gasteiger partial charge is 0.242 e. The van der Waals surface area contributed by atoms with E-state index in [2.05, 4.69) is 9.71 Å². The molecule has 1 atom stereocenters. The number of benzene rings is 1. The Morgan fingerprint density at radius 3 is 2.71 bits per heavy atom. The number of pyridine rings is 1. The first kappa shape index (κ1) is 15.4. The Hall–Kier alpha value is -1.94. The van der Waals surface area contributed by atoms with Crippen molar-refractivity contribution in [3.05, 3.63) is 58.9 Å². The van der Waals surface area contributed by atoms with Gasteiger partial charge in [-0.3, -0.25) is 4.98 Å². The fourth-order valence-corrected chi connectivity index (χ4v) is 3.56. The molecule has 0 aliphatic carbocycles. The van der Waals surface area contributed by atoms with E-state index in [9.17, 15) is 8.42 Å². The van der Waals surface area contributed by atoms with Gasteiger partial charge in [0, 0.05) is 18.4 Å². The summed E-state index contributed by atoms with van der Waals surface area (Å²) >= 11 is 5.94. The van der Waals surface area contributed by atoms with Crippen molar-refractivity contribution < 1.29 is 8.42 Å². The average Bonchev–Trinajstić information content (AvgIpc) is 2.47. The molecule has 1 heterocycles. The molecular formula is C14H12ClN3O2S. The topological polar surface area (TPSA) is 82.9 Å². The largest absolute Gasteiger partial charge is 0.264 e. The molecule has 0 spiro atoms. The highest BCUT2D eigenvalue weighted by Gasteiger charge is 2.21. The Labute approximate surface area is 128 Å². The van der Waals surface area contributed by atoms with Gasteiger partial charge in [-0.25, -0.2) is 13.1 Å². The standard InChI is InChI=1S/C14H12ClN3O2S/c1-10(12-3-2-6-17-9-12)18-21(19,20)14-5-4-11(8-16)7-13(14)15/h2-7,9-10,18H,1H3. The fraction of sp³-hybridized carbons (Fsp3) is 0.143. The van der Waals surface area contributed by atoms with Crippen molar-refractivity contribution in [1.82, 2.24) is 9.71 Å². The summed E-state index contributed by atoms with van der Waals surface area (Å²) in [5, 5.41) is 8.78. The lowest BCUT2D eigenvalue weighted by Gasteiger charge is -2.15. The third-order valence-electron chi connectivity index (χ3n) is 2.87. The van der Waals surface area contributed by atoms with Gasteiger partial charge in [0.1, 0.15) is 4.90 Å². The minimum absolute atomic E-state index is 0.0138. The van der Waals surface area contributed by atoms with E-state index in [1.54, 1.807) is 31.5 Å². The van der Waals surface area contributed by atoms with Crippen molar-refractivity contribution in [1.29, 1.82) is 5.26 Å². The Morgan fingerprint density at radius 1 is 1.38 bits per heavy atom. The van der Waals surface area contributed by atoms with Crippen LogP contribution in [0.1, 0.15) is 24.1 Å². The van der Waals surface area contributed by atoms with Gasteiger partial charge in [0.05, 0.1) is 16.7 Å². The zero-order valence-electron chi connectivity index (χ0n) is 11.1. The van der Waals surface area contributed by atoms with Gasteiger partial charge in [-0.1, -0.05) is 17.7 Å². The summed E-state index contributed by atoms with van der Waals surface area (Å²) in [4.78, 5) is 3.90. The van der Waals surface area contributed by atoms with Crippen LogP contribution in [-0.4, -0.2) is 13.4 Å². The third kappa shape index (κ3) is 3.58. The van der Waals surface area contributed by atoms with Gasteiger partial charge in [0.2, 0.25) is 10.0 Å². The van der Waals surface area contributed by atoms with Crippen LogP contribution < -0.4 is 4.72 Å². The summed E-state index contributed by atoms with van der Waals surface area (Å²) in [7, 11) is -3.78. The molecule has 0 fully saturated rings. The minimum atomic E-state index is -3.78. The minimum Gasteiger partial charge on any atom is -0.264 e. The van der Waals surface area contributed by atoms with Gasteiger partial charge in [-0.05, 0) is 36.8 Å². The van der Waals surface area contributed by atoms with Gasteiger partial charge < -0.3 is 0 Å². The summed E-state index contributed by atoms with van der Waals surface area (Å²) in [5.41, 5.74) is 1.05. The number of sulfonamides is 1. The summed E-state index contributed by atoms with van der Waals surface area (Å²) in [6.07, 6.45) is 3.20. The number of nitriles is 1. The van der Waals surface area contributed by atoms with Crippen molar-refractivity contribution in [2.75, 3.05) is 0 Å². The van der Waals surface area contributed by atoms with Crippen molar-refractivity contribution in [3.8, 4) is 6.07 Å². The van der Waals surface area contributed by atoms with Crippen LogP contribution in [0, 0.1) is 11.3 Å². The van der Waals surface area contributed by atoms with Crippen molar-refractivity contribution >= 4 is 21.6 Å². The lowest BCUT2D eigenvalue weighted by molar-refractivity contribution is 0.566. The number of rotatable bonds is 4. The molecule has 21 heavy (non-hydrogen) atoms. The molecule has 0 aliphatic rings. The normalized spacial score (nSPS) is 12.6. The predicted molar refractivity (Wildman–Crippen MR) is 79.1 cm³/mol. The fourth-order valence-electron chi connectivity index (χ4n) is 1.78. The summed E-state index contributed by atoms with van der Waals surface area (Å²) in [6, 6.07) is 9.02. The maximum atomic E-state index is 12.3. The molecule has 0 saturated heterocycles. The maximum absolute atomic E-state index is 12.3. The zero-order valence-corrected chi connectivity index (χ0v) is 12.7. The summed E-state index contributed by atoms with van der Waals surface area (Å²) < 4.78 is 27.2. The number of nitrogens with zero attached hydrogens (tertiary/aromatic N) is 2. The predicted octanol–water partition coefficient (Wildman–Crippen LogP) is 2.65. The van der Waals surface area contributed by atoms with Gasteiger partial charge in [0.15, 0.2) is 0 Å². The monoisotopic (exact) mass is 321 g/mol. The summed E-state index contributed by atoms with van der Waals surface area (Å²) in [6.45, 7) is 1.71. The molecule has 1 unspecified atom stereocenters. The second kappa shape index (κ2) is 6.22. The van der Waals surface area contributed by atoms with Crippen LogP contribution in [0.2, 0.25) is 5.02 Å². The molecule has 2 rings (SSSR count). The maximum Gasteiger partial charge on any atom is 0.242 e. The van der Waals surface area contributed by atoms with E-state index in [0.29, 0.717) is 5.56 Å². The van der Waals surface area contributed by atoms with Crippen molar-refractivity contribution in [3.63, 3.8) is 0 Å². The lowest BCUT2D eigenvalue weighted by atomic mass is 10.2. The summed E-state index contributed by atoms with van der Waals surface area (Å²) in [5.74, 6) is 0. The van der Waals surface area contributed by atoms with Crippen LogP contribution in [0.3, 0.4) is 0 Å². The molecule has 0 bridgehead atoms. The van der Waals surface area contributed by atoms with Crippen molar-refractivity contribution in [2.24, 2.45) is 0 Å². The highest BCUT2D eigenvalue weighted by molar-refractivity contribution is 7.89. The van der Waals surface area contributed by atoms with E-state index in [1.165, 1.54) is 18.2 Å². The number of halogens is 1. The molecule has 7 heteroatoms.